The number of hydrogen-bond donors (Lipinski definition) is 2. The largest absolute Gasteiger partial charge is 0.495 e. The van der Waals surface area contributed by atoms with Crippen molar-refractivity contribution in [3.63, 3.8) is 0 Å². The van der Waals surface area contributed by atoms with Crippen LogP contribution in [0.1, 0.15) is 25.3 Å². The number of rotatable bonds is 7. The van der Waals surface area contributed by atoms with Gasteiger partial charge in [-0.25, -0.2) is 4.98 Å². The maximum atomic E-state index is 12.8. The highest BCUT2D eigenvalue weighted by Gasteiger charge is 2.15. The Morgan fingerprint density at radius 3 is 2.67 bits per heavy atom. The van der Waals surface area contributed by atoms with E-state index in [4.69, 9.17) is 16.3 Å². The maximum Gasteiger partial charge on any atom is 0.260 e. The van der Waals surface area contributed by atoms with Crippen LogP contribution in [0.25, 0.3) is 21.3 Å². The summed E-state index contributed by atoms with van der Waals surface area (Å²) in [5, 5.41) is 6.11. The summed E-state index contributed by atoms with van der Waals surface area (Å²) in [6.07, 6.45) is 0. The minimum atomic E-state index is -0.235. The van der Waals surface area contributed by atoms with Gasteiger partial charge in [0, 0.05) is 16.6 Å². The molecule has 0 saturated heterocycles. The van der Waals surface area contributed by atoms with Crippen LogP contribution in [0.4, 0.5) is 5.69 Å². The van der Waals surface area contributed by atoms with Gasteiger partial charge < -0.3 is 15.0 Å². The second-order valence-corrected chi connectivity index (χ2v) is 9.89. The zero-order valence-corrected chi connectivity index (χ0v) is 20.7. The molecule has 2 aromatic heterocycles. The fourth-order valence-electron chi connectivity index (χ4n) is 3.33. The number of nitrogens with zero attached hydrogens (tertiary/aromatic N) is 1. The number of benzene rings is 2. The van der Waals surface area contributed by atoms with Gasteiger partial charge in [0.05, 0.1) is 23.3 Å². The second-order valence-electron chi connectivity index (χ2n) is 7.66. The Morgan fingerprint density at radius 1 is 1.24 bits per heavy atom. The lowest BCUT2D eigenvalue weighted by Gasteiger charge is -2.08. The topological polar surface area (TPSA) is 84.1 Å². The Balaban J connectivity index is 1.48. The molecule has 33 heavy (non-hydrogen) atoms. The molecule has 4 rings (SSSR count). The van der Waals surface area contributed by atoms with Crippen molar-refractivity contribution in [3.8, 4) is 16.9 Å². The lowest BCUT2D eigenvalue weighted by molar-refractivity contribution is -0.113. The summed E-state index contributed by atoms with van der Waals surface area (Å²) in [5.74, 6) is 0.834. The molecular formula is C24H22ClN3O3S2. The molecule has 6 nitrogen and oxygen atoms in total. The lowest BCUT2D eigenvalue weighted by Crippen LogP contribution is -2.15. The van der Waals surface area contributed by atoms with Crippen LogP contribution in [-0.4, -0.2) is 28.7 Å². The monoisotopic (exact) mass is 499 g/mol. The molecule has 0 aliphatic carbocycles. The Hall–Kier alpha value is -2.81. The van der Waals surface area contributed by atoms with Gasteiger partial charge in [0.15, 0.2) is 5.16 Å². The van der Waals surface area contributed by atoms with Gasteiger partial charge in [-0.15, -0.1) is 11.3 Å². The number of H-pyrrole nitrogens is 1. The van der Waals surface area contributed by atoms with E-state index >= 15 is 0 Å². The number of halogens is 1. The van der Waals surface area contributed by atoms with Crippen LogP contribution >= 0.6 is 34.7 Å². The van der Waals surface area contributed by atoms with Crippen molar-refractivity contribution in [2.24, 2.45) is 0 Å². The summed E-state index contributed by atoms with van der Waals surface area (Å²) in [6, 6.07) is 13.3. The highest BCUT2D eigenvalue weighted by atomic mass is 35.5. The van der Waals surface area contributed by atoms with E-state index < -0.39 is 0 Å². The molecule has 4 aromatic rings. The van der Waals surface area contributed by atoms with Crippen molar-refractivity contribution in [1.82, 2.24) is 9.97 Å². The lowest BCUT2D eigenvalue weighted by atomic mass is 9.99. The number of anilines is 1. The Labute approximate surface area is 204 Å². The third-order valence-corrected chi connectivity index (χ3v) is 7.13. The van der Waals surface area contributed by atoms with Gasteiger partial charge >= 0.3 is 0 Å². The van der Waals surface area contributed by atoms with Crippen LogP contribution in [0.5, 0.6) is 5.75 Å². The van der Waals surface area contributed by atoms with Crippen molar-refractivity contribution in [1.29, 1.82) is 0 Å². The van der Waals surface area contributed by atoms with Crippen LogP contribution in [-0.2, 0) is 4.79 Å². The molecule has 2 heterocycles. The molecule has 0 spiro atoms. The molecule has 0 radical (unpaired) electrons. The fraction of sp³-hybridized carbons (Fsp3) is 0.208. The zero-order chi connectivity index (χ0) is 23.5. The maximum absolute atomic E-state index is 12.8. The molecule has 9 heteroatoms. The summed E-state index contributed by atoms with van der Waals surface area (Å²) in [5.41, 5.74) is 3.45. The predicted octanol–water partition coefficient (Wildman–Crippen LogP) is 6.17. The molecule has 0 aliphatic rings. The molecule has 2 aromatic carbocycles. The van der Waals surface area contributed by atoms with Gasteiger partial charge in [-0.1, -0.05) is 61.5 Å². The summed E-state index contributed by atoms with van der Waals surface area (Å²) in [4.78, 5) is 33.2. The molecule has 0 bridgehead atoms. The first-order chi connectivity index (χ1) is 15.9. The number of aromatic nitrogens is 2. The number of thioether (sulfide) groups is 1. The standard InChI is InChI=1S/C24H22ClN3O3S2/c1-13(2)14-4-6-15(7-5-14)17-11-32-23-21(17)22(30)27-24(28-23)33-12-20(29)26-16-8-9-19(31-3)18(25)10-16/h4-11,13H,12H2,1-3H3,(H,26,29)(H,27,28,30). The third kappa shape index (κ3) is 5.24. The van der Waals surface area contributed by atoms with E-state index in [9.17, 15) is 9.59 Å². The number of fused-ring (bicyclic) bond motifs is 1. The molecule has 1 amide bonds. The van der Waals surface area contributed by atoms with Gasteiger partial charge in [0.1, 0.15) is 10.6 Å². The first-order valence-corrected chi connectivity index (χ1v) is 12.5. The van der Waals surface area contributed by atoms with Crippen molar-refractivity contribution in [2.75, 3.05) is 18.2 Å². The van der Waals surface area contributed by atoms with Gasteiger partial charge in [0.2, 0.25) is 5.91 Å². The van der Waals surface area contributed by atoms with Gasteiger partial charge in [-0.3, -0.25) is 9.59 Å². The third-order valence-electron chi connectivity index (χ3n) is 5.09. The Kier molecular flexibility index (Phi) is 7.07. The number of aromatic amines is 1. The number of carbonyl (C=O) groups excluding carboxylic acids is 1. The van der Waals surface area contributed by atoms with E-state index in [1.807, 2.05) is 17.5 Å². The van der Waals surface area contributed by atoms with Crippen LogP contribution < -0.4 is 15.6 Å². The van der Waals surface area contributed by atoms with Crippen LogP contribution in [0, 0.1) is 0 Å². The highest BCUT2D eigenvalue weighted by molar-refractivity contribution is 7.99. The first-order valence-electron chi connectivity index (χ1n) is 10.2. The average Bonchev–Trinajstić information content (AvgIpc) is 3.22. The molecule has 0 unspecified atom stereocenters. The van der Waals surface area contributed by atoms with E-state index in [1.54, 1.807) is 18.2 Å². The van der Waals surface area contributed by atoms with Gasteiger partial charge in [-0.2, -0.15) is 0 Å². The summed E-state index contributed by atoms with van der Waals surface area (Å²) in [6.45, 7) is 4.30. The number of hydrogen-bond acceptors (Lipinski definition) is 6. The number of carbonyl (C=O) groups is 1. The van der Waals surface area contributed by atoms with Crippen molar-refractivity contribution in [2.45, 2.75) is 24.9 Å². The molecule has 0 saturated carbocycles. The quantitative estimate of drug-likeness (QED) is 0.235. The normalized spacial score (nSPS) is 11.2. The molecule has 2 N–H and O–H groups in total. The summed E-state index contributed by atoms with van der Waals surface area (Å²) in [7, 11) is 1.53. The average molecular weight is 500 g/mol. The smallest absolute Gasteiger partial charge is 0.260 e. The van der Waals surface area contributed by atoms with Gasteiger partial charge in [0.25, 0.3) is 5.56 Å². The molecule has 0 fully saturated rings. The number of methoxy groups -OCH3 is 1. The second kappa shape index (κ2) is 9.99. The molecule has 170 valence electrons. The number of thiophene rings is 1. The summed E-state index contributed by atoms with van der Waals surface area (Å²) >= 11 is 8.68. The van der Waals surface area contributed by atoms with Crippen LogP contribution in [0.15, 0.2) is 57.8 Å². The first kappa shape index (κ1) is 23.4. The fourth-order valence-corrected chi connectivity index (χ4v) is 5.26. The van der Waals surface area contributed by atoms with Crippen LogP contribution in [0.3, 0.4) is 0 Å². The highest BCUT2D eigenvalue weighted by Crippen LogP contribution is 2.32. The molecule has 0 atom stereocenters. The zero-order valence-electron chi connectivity index (χ0n) is 18.3. The SMILES string of the molecule is COc1ccc(NC(=O)CSc2nc3scc(-c4ccc(C(C)C)cc4)c3c(=O)[nH]2)cc1Cl. The Morgan fingerprint density at radius 2 is 2.00 bits per heavy atom. The Bertz CT molecular complexity index is 1360. The van der Waals surface area contributed by atoms with Crippen LogP contribution in [0.2, 0.25) is 5.02 Å². The molecular weight excluding hydrogens is 478 g/mol. The summed E-state index contributed by atoms with van der Waals surface area (Å²) < 4.78 is 5.11. The number of nitrogens with one attached hydrogen (secondary N) is 2. The minimum absolute atomic E-state index is 0.0903. The predicted molar refractivity (Wildman–Crippen MR) is 137 cm³/mol. The minimum Gasteiger partial charge on any atom is -0.495 e. The van der Waals surface area contributed by atoms with Crippen molar-refractivity contribution >= 4 is 56.5 Å². The van der Waals surface area contributed by atoms with E-state index in [0.29, 0.717) is 37.8 Å². The number of ether oxygens (including phenoxy) is 1. The number of amides is 1. The van der Waals surface area contributed by atoms with Crippen molar-refractivity contribution in [3.05, 3.63) is 68.8 Å². The van der Waals surface area contributed by atoms with E-state index in [2.05, 4.69) is 41.3 Å². The van der Waals surface area contributed by atoms with E-state index in [-0.39, 0.29) is 17.2 Å². The van der Waals surface area contributed by atoms with Crippen molar-refractivity contribution < 1.29 is 9.53 Å². The van der Waals surface area contributed by atoms with E-state index in [0.717, 1.165) is 11.1 Å². The van der Waals surface area contributed by atoms with Gasteiger partial charge in [-0.05, 0) is 35.2 Å². The molecule has 0 aliphatic heterocycles. The van der Waals surface area contributed by atoms with E-state index in [1.165, 1.54) is 35.8 Å².